The van der Waals surface area contributed by atoms with Crippen LogP contribution in [0.2, 0.25) is 0 Å². The van der Waals surface area contributed by atoms with Crippen LogP contribution in [0.15, 0.2) is 54.9 Å². The Morgan fingerprint density at radius 2 is 1.79 bits per heavy atom. The predicted octanol–water partition coefficient (Wildman–Crippen LogP) is 3.89. The van der Waals surface area contributed by atoms with Gasteiger partial charge in [-0.05, 0) is 74.6 Å². The van der Waals surface area contributed by atoms with Crippen LogP contribution in [0.5, 0.6) is 0 Å². The minimum Gasteiger partial charge on any atom is -0.387 e. The number of nitrogens with zero attached hydrogens (tertiary/aromatic N) is 7. The number of imide groups is 2. The van der Waals surface area contributed by atoms with Gasteiger partial charge in [0, 0.05) is 56.0 Å². The summed E-state index contributed by atoms with van der Waals surface area (Å²) in [7, 11) is 1.85. The standard InChI is InChI=1S/C40H39N11O6S/c1-42-30-18-31(32-9-7-26-16-22(19-41)20-45-51(26)32)44-21-29(30)38-49-48-37(58-38)23-2-4-24(5-3-23)46-35(53)12-14-57-15-13-43-25-6-8-27-28(17-25)40(56)50(39(27)55)33-10-11-34(52)47-36(33)54/h6-9,16-18,20-21,23-24,33,43H,2-5,10-15H2,1H3,(H,42,44)(H,46,53)(H,47,52,54)/t23-,24-,33?. The SMILES string of the molecule is CNc1cc(-c2ccc3cc(C#N)cnn23)ncc1-c1nnc([C@H]2CC[C@H](NC(=O)CCOCCNc3ccc4c(c3)C(=O)N(C3CCC(=O)NC3=O)C4=O)CC2)s1. The number of anilines is 2. The van der Waals surface area contributed by atoms with Crippen LogP contribution in [-0.4, -0.2) is 98.1 Å². The summed E-state index contributed by atoms with van der Waals surface area (Å²) >= 11 is 1.56. The van der Waals surface area contributed by atoms with Gasteiger partial charge < -0.3 is 20.7 Å². The molecule has 0 radical (unpaired) electrons. The van der Waals surface area contributed by atoms with Crippen molar-refractivity contribution in [2.75, 3.05) is 37.4 Å². The van der Waals surface area contributed by atoms with Gasteiger partial charge in [0.25, 0.3) is 11.8 Å². The van der Waals surface area contributed by atoms with E-state index in [9.17, 15) is 29.2 Å². The minimum atomic E-state index is -1.02. The van der Waals surface area contributed by atoms with E-state index in [2.05, 4.69) is 42.6 Å². The molecule has 1 saturated carbocycles. The number of hydrogen-bond donors (Lipinski definition) is 4. The first kappa shape index (κ1) is 38.3. The van der Waals surface area contributed by atoms with Gasteiger partial charge in [0.15, 0.2) is 5.01 Å². The van der Waals surface area contributed by atoms with E-state index in [-0.39, 0.29) is 54.9 Å². The summed E-state index contributed by atoms with van der Waals surface area (Å²) < 4.78 is 7.44. The number of fused-ring (bicyclic) bond motifs is 2. The van der Waals surface area contributed by atoms with Gasteiger partial charge in [0.2, 0.25) is 17.7 Å². The zero-order chi connectivity index (χ0) is 40.3. The highest BCUT2D eigenvalue weighted by Gasteiger charge is 2.44. The molecule has 4 aromatic heterocycles. The Bertz CT molecular complexity index is 2480. The monoisotopic (exact) mass is 801 g/mol. The van der Waals surface area contributed by atoms with Crippen molar-refractivity contribution in [3.05, 3.63) is 76.6 Å². The van der Waals surface area contributed by atoms with E-state index in [1.165, 1.54) is 6.20 Å². The second-order valence-corrected chi connectivity index (χ2v) is 15.3. The zero-order valence-electron chi connectivity index (χ0n) is 31.5. The van der Waals surface area contributed by atoms with Crippen molar-refractivity contribution in [3.63, 3.8) is 0 Å². The Hall–Kier alpha value is -6.58. The molecule has 18 heteroatoms. The molecule has 8 rings (SSSR count). The van der Waals surface area contributed by atoms with Crippen LogP contribution in [0.3, 0.4) is 0 Å². The van der Waals surface area contributed by atoms with Crippen LogP contribution in [0, 0.1) is 11.3 Å². The quantitative estimate of drug-likeness (QED) is 0.0981. The number of rotatable bonds is 13. The maximum absolute atomic E-state index is 13.1. The predicted molar refractivity (Wildman–Crippen MR) is 212 cm³/mol. The average molecular weight is 802 g/mol. The normalized spacial score (nSPS) is 19.2. The molecule has 58 heavy (non-hydrogen) atoms. The Kier molecular flexibility index (Phi) is 10.9. The number of nitrogens with one attached hydrogen (secondary N) is 4. The Labute approximate surface area is 336 Å². The number of aromatic nitrogens is 5. The smallest absolute Gasteiger partial charge is 0.262 e. The second-order valence-electron chi connectivity index (χ2n) is 14.3. The molecule has 1 atom stereocenters. The molecule has 4 N–H and O–H groups in total. The molecule has 2 aliphatic heterocycles. The summed E-state index contributed by atoms with van der Waals surface area (Å²) in [5.41, 5.74) is 5.57. The lowest BCUT2D eigenvalue weighted by Crippen LogP contribution is -2.54. The maximum atomic E-state index is 13.1. The van der Waals surface area contributed by atoms with E-state index in [4.69, 9.17) is 9.72 Å². The van der Waals surface area contributed by atoms with Crippen molar-refractivity contribution in [1.29, 1.82) is 5.26 Å². The number of nitriles is 1. The molecule has 3 aliphatic rings. The highest BCUT2D eigenvalue weighted by Crippen LogP contribution is 2.39. The number of amides is 5. The van der Waals surface area contributed by atoms with E-state index >= 15 is 0 Å². The molecule has 1 saturated heterocycles. The molecule has 1 aliphatic carbocycles. The molecule has 1 aromatic carbocycles. The van der Waals surface area contributed by atoms with Crippen molar-refractivity contribution in [2.24, 2.45) is 0 Å². The van der Waals surface area contributed by atoms with Crippen molar-refractivity contribution in [2.45, 2.75) is 62.9 Å². The molecule has 2 fully saturated rings. The van der Waals surface area contributed by atoms with Gasteiger partial charge in [-0.1, -0.05) is 11.3 Å². The topological polar surface area (TPSA) is 226 Å². The lowest BCUT2D eigenvalue weighted by Gasteiger charge is -2.27. The molecular weight excluding hydrogens is 763 g/mol. The minimum absolute atomic E-state index is 0.0588. The van der Waals surface area contributed by atoms with Crippen LogP contribution >= 0.6 is 11.3 Å². The second kappa shape index (κ2) is 16.5. The number of benzene rings is 1. The first-order valence-electron chi connectivity index (χ1n) is 19.1. The number of piperidine rings is 1. The van der Waals surface area contributed by atoms with E-state index in [0.29, 0.717) is 24.4 Å². The number of ether oxygens (including phenoxy) is 1. The summed E-state index contributed by atoms with van der Waals surface area (Å²) in [6.45, 7) is 0.974. The molecule has 6 heterocycles. The van der Waals surface area contributed by atoms with Crippen molar-refractivity contribution in [3.8, 4) is 28.0 Å². The van der Waals surface area contributed by atoms with E-state index < -0.39 is 29.7 Å². The fraction of sp³-hybridized carbons (Fsp3) is 0.350. The van der Waals surface area contributed by atoms with Crippen LogP contribution in [-0.2, 0) is 19.1 Å². The third kappa shape index (κ3) is 7.73. The Balaban J connectivity index is 0.758. The van der Waals surface area contributed by atoms with Gasteiger partial charge in [-0.25, -0.2) is 4.52 Å². The molecule has 1 unspecified atom stereocenters. The summed E-state index contributed by atoms with van der Waals surface area (Å²) in [4.78, 5) is 68.2. The fourth-order valence-electron chi connectivity index (χ4n) is 7.64. The molecule has 5 amide bonds. The van der Waals surface area contributed by atoms with Gasteiger partial charge >= 0.3 is 0 Å². The lowest BCUT2D eigenvalue weighted by molar-refractivity contribution is -0.136. The van der Waals surface area contributed by atoms with Crippen LogP contribution in [0.4, 0.5) is 11.4 Å². The van der Waals surface area contributed by atoms with Crippen LogP contribution in [0.25, 0.3) is 27.5 Å². The van der Waals surface area contributed by atoms with E-state index in [1.54, 1.807) is 46.3 Å². The number of carbonyl (C=O) groups excluding carboxylic acids is 5. The molecular formula is C40H39N11O6S. The van der Waals surface area contributed by atoms with E-state index in [0.717, 1.165) is 68.8 Å². The fourth-order valence-corrected chi connectivity index (χ4v) is 8.67. The van der Waals surface area contributed by atoms with Gasteiger partial charge in [-0.15, -0.1) is 10.2 Å². The summed E-state index contributed by atoms with van der Waals surface area (Å²) in [5, 5.41) is 36.2. The highest BCUT2D eigenvalue weighted by molar-refractivity contribution is 7.14. The van der Waals surface area contributed by atoms with Gasteiger partial charge in [0.1, 0.15) is 17.1 Å². The van der Waals surface area contributed by atoms with Crippen molar-refractivity contribution in [1.82, 2.24) is 40.3 Å². The largest absolute Gasteiger partial charge is 0.387 e. The third-order valence-electron chi connectivity index (χ3n) is 10.7. The lowest BCUT2D eigenvalue weighted by atomic mass is 9.86. The molecule has 17 nitrogen and oxygen atoms in total. The van der Waals surface area contributed by atoms with Crippen LogP contribution in [0.1, 0.15) is 82.2 Å². The molecule has 0 bridgehead atoms. The van der Waals surface area contributed by atoms with E-state index in [1.807, 2.05) is 25.2 Å². The van der Waals surface area contributed by atoms with Crippen molar-refractivity contribution < 1.29 is 28.7 Å². The molecule has 5 aromatic rings. The average Bonchev–Trinajstić information content (AvgIpc) is 3.96. The Morgan fingerprint density at radius 3 is 2.59 bits per heavy atom. The third-order valence-corrected chi connectivity index (χ3v) is 11.8. The Morgan fingerprint density at radius 1 is 0.966 bits per heavy atom. The maximum Gasteiger partial charge on any atom is 0.262 e. The first-order valence-corrected chi connectivity index (χ1v) is 19.9. The van der Waals surface area contributed by atoms with Crippen LogP contribution < -0.4 is 21.3 Å². The van der Waals surface area contributed by atoms with Gasteiger partial charge in [0.05, 0.1) is 58.6 Å². The zero-order valence-corrected chi connectivity index (χ0v) is 32.3. The summed E-state index contributed by atoms with van der Waals surface area (Å²) in [6, 6.07) is 13.6. The first-order chi connectivity index (χ1) is 28.2. The van der Waals surface area contributed by atoms with Gasteiger partial charge in [-0.3, -0.25) is 39.2 Å². The summed E-state index contributed by atoms with van der Waals surface area (Å²) in [6.07, 6.45) is 7.16. The number of carbonyl (C=O) groups is 5. The molecule has 296 valence electrons. The summed E-state index contributed by atoms with van der Waals surface area (Å²) in [5.74, 6) is -2.01. The molecule has 0 spiro atoms. The highest BCUT2D eigenvalue weighted by atomic mass is 32.1. The van der Waals surface area contributed by atoms with Gasteiger partial charge in [-0.2, -0.15) is 10.4 Å². The number of hydrogen-bond acceptors (Lipinski definition) is 14. The number of pyridine rings is 1. The van der Waals surface area contributed by atoms with Crippen molar-refractivity contribution >= 4 is 57.8 Å².